The second-order valence-electron chi connectivity index (χ2n) is 6.07. The van der Waals surface area contributed by atoms with E-state index in [4.69, 9.17) is 10.5 Å². The smallest absolute Gasteiger partial charge is 0.241 e. The maximum Gasteiger partial charge on any atom is 0.241 e. The number of hydrogen-bond donors (Lipinski definition) is 2. The van der Waals surface area contributed by atoms with Gasteiger partial charge in [-0.3, -0.25) is 4.79 Å². The van der Waals surface area contributed by atoms with E-state index in [1.54, 1.807) is 0 Å². The Hall–Kier alpha value is -1.10. The molecule has 23 heavy (non-hydrogen) atoms. The summed E-state index contributed by atoms with van der Waals surface area (Å²) in [7, 11) is 0. The second-order valence-corrected chi connectivity index (χ2v) is 6.07. The molecule has 0 aliphatic heterocycles. The molecule has 1 aromatic rings. The third-order valence-corrected chi connectivity index (χ3v) is 5.23. The van der Waals surface area contributed by atoms with Crippen molar-refractivity contribution in [1.82, 2.24) is 5.32 Å². The number of nitrogens with two attached hydrogens (primary N) is 1. The van der Waals surface area contributed by atoms with Crippen molar-refractivity contribution in [2.45, 2.75) is 58.2 Å². The number of nitrogens with one attached hydrogen (secondary N) is 1. The van der Waals surface area contributed by atoms with E-state index in [0.717, 1.165) is 31.4 Å². The number of carbonyl (C=O) groups excluding carboxylic acids is 1. The van der Waals surface area contributed by atoms with Gasteiger partial charge < -0.3 is 15.8 Å². The summed E-state index contributed by atoms with van der Waals surface area (Å²) in [6.07, 6.45) is 3.12. The number of ether oxygens (including phenoxy) is 1. The lowest BCUT2D eigenvalue weighted by molar-refractivity contribution is -0.149. The molecule has 1 aliphatic carbocycles. The number of hydrogen-bond acceptors (Lipinski definition) is 3. The van der Waals surface area contributed by atoms with Crippen LogP contribution < -0.4 is 11.1 Å². The first-order valence-corrected chi connectivity index (χ1v) is 8.31. The lowest BCUT2D eigenvalue weighted by Crippen LogP contribution is -2.65. The van der Waals surface area contributed by atoms with Crippen molar-refractivity contribution in [3.63, 3.8) is 0 Å². The van der Waals surface area contributed by atoms with Gasteiger partial charge in [-0.2, -0.15) is 0 Å². The van der Waals surface area contributed by atoms with E-state index in [2.05, 4.69) is 19.2 Å². The predicted molar refractivity (Wildman–Crippen MR) is 95.6 cm³/mol. The quantitative estimate of drug-likeness (QED) is 0.801. The fraction of sp³-hybridized carbons (Fsp3) is 0.611. The highest BCUT2D eigenvalue weighted by molar-refractivity contribution is 5.85. The summed E-state index contributed by atoms with van der Waals surface area (Å²) in [5.74, 6) is -0.0996. The highest BCUT2D eigenvalue weighted by atomic mass is 35.5. The molecule has 0 bridgehead atoms. The summed E-state index contributed by atoms with van der Waals surface area (Å²) in [6, 6.07) is 9.05. The van der Waals surface area contributed by atoms with Gasteiger partial charge in [0.05, 0.1) is 6.10 Å². The van der Waals surface area contributed by atoms with Gasteiger partial charge in [-0.15, -0.1) is 12.4 Å². The van der Waals surface area contributed by atoms with Gasteiger partial charge in [-0.05, 0) is 31.7 Å². The molecule has 3 unspecified atom stereocenters. The van der Waals surface area contributed by atoms with Gasteiger partial charge in [-0.1, -0.05) is 44.2 Å². The SMILES string of the molecule is CCOC1CC(NC(=O)C(N)c2ccccc2)C1(CC)CC.Cl. The third-order valence-electron chi connectivity index (χ3n) is 5.23. The summed E-state index contributed by atoms with van der Waals surface area (Å²) < 4.78 is 5.85. The first-order valence-electron chi connectivity index (χ1n) is 8.31. The highest BCUT2D eigenvalue weighted by Crippen LogP contribution is 2.49. The minimum absolute atomic E-state index is 0. The lowest BCUT2D eigenvalue weighted by atomic mass is 9.58. The average molecular weight is 341 g/mol. The van der Waals surface area contributed by atoms with Crippen LogP contribution in [-0.2, 0) is 9.53 Å². The van der Waals surface area contributed by atoms with Crippen LogP contribution in [0.15, 0.2) is 30.3 Å². The molecule has 1 aliphatic rings. The fourth-order valence-corrected chi connectivity index (χ4v) is 3.66. The number of rotatable bonds is 7. The fourth-order valence-electron chi connectivity index (χ4n) is 3.66. The van der Waals surface area contributed by atoms with E-state index in [-0.39, 0.29) is 35.9 Å². The zero-order valence-corrected chi connectivity index (χ0v) is 15.1. The van der Waals surface area contributed by atoms with Crippen molar-refractivity contribution in [1.29, 1.82) is 0 Å². The monoisotopic (exact) mass is 340 g/mol. The Bertz CT molecular complexity index is 491. The van der Waals surface area contributed by atoms with Gasteiger partial charge in [0.15, 0.2) is 0 Å². The van der Waals surface area contributed by atoms with E-state index in [0.29, 0.717) is 0 Å². The molecule has 4 nitrogen and oxygen atoms in total. The van der Waals surface area contributed by atoms with Crippen LogP contribution in [0.5, 0.6) is 0 Å². The Morgan fingerprint density at radius 2 is 1.91 bits per heavy atom. The third kappa shape index (κ3) is 3.87. The van der Waals surface area contributed by atoms with Gasteiger partial charge in [0.2, 0.25) is 5.91 Å². The van der Waals surface area contributed by atoms with Crippen molar-refractivity contribution >= 4 is 18.3 Å². The second kappa shape index (κ2) is 8.67. The minimum Gasteiger partial charge on any atom is -0.378 e. The molecule has 130 valence electrons. The Labute approximate surface area is 145 Å². The molecule has 0 radical (unpaired) electrons. The van der Waals surface area contributed by atoms with Crippen LogP contribution in [0.1, 0.15) is 51.6 Å². The Morgan fingerprint density at radius 3 is 2.43 bits per heavy atom. The molecule has 1 saturated carbocycles. The van der Waals surface area contributed by atoms with Gasteiger partial charge in [0.25, 0.3) is 0 Å². The van der Waals surface area contributed by atoms with Crippen molar-refractivity contribution < 1.29 is 9.53 Å². The summed E-state index contributed by atoms with van der Waals surface area (Å²) in [6.45, 7) is 7.08. The first-order chi connectivity index (χ1) is 10.6. The zero-order chi connectivity index (χ0) is 16.2. The average Bonchev–Trinajstić information content (AvgIpc) is 2.55. The molecule has 1 aromatic carbocycles. The zero-order valence-electron chi connectivity index (χ0n) is 14.2. The standard InChI is InChI=1S/C18H28N2O2.ClH/c1-4-18(5-2)14(12-15(18)22-6-3)20-17(21)16(19)13-10-8-7-9-11-13;/h7-11,14-16H,4-6,12,19H2,1-3H3,(H,20,21);1H. The summed E-state index contributed by atoms with van der Waals surface area (Å²) in [4.78, 5) is 12.5. The molecule has 0 aromatic heterocycles. The van der Waals surface area contributed by atoms with Gasteiger partial charge in [-0.25, -0.2) is 0 Å². The number of benzene rings is 1. The van der Waals surface area contributed by atoms with Crippen LogP contribution in [0.2, 0.25) is 0 Å². The Kier molecular flexibility index (Phi) is 7.52. The van der Waals surface area contributed by atoms with E-state index >= 15 is 0 Å². The molecule has 2 rings (SSSR count). The van der Waals surface area contributed by atoms with Crippen molar-refractivity contribution in [2.75, 3.05) is 6.61 Å². The number of carbonyl (C=O) groups is 1. The molecule has 3 N–H and O–H groups in total. The predicted octanol–water partition coefficient (Wildman–Crippen LogP) is 3.21. The Balaban J connectivity index is 0.00000264. The van der Waals surface area contributed by atoms with Gasteiger partial charge in [0.1, 0.15) is 6.04 Å². The molecular weight excluding hydrogens is 312 g/mol. The number of halogens is 1. The van der Waals surface area contributed by atoms with Gasteiger partial charge >= 0.3 is 0 Å². The summed E-state index contributed by atoms with van der Waals surface area (Å²) >= 11 is 0. The van der Waals surface area contributed by atoms with Crippen LogP contribution in [0.25, 0.3) is 0 Å². The lowest BCUT2D eigenvalue weighted by Gasteiger charge is -2.55. The van der Waals surface area contributed by atoms with Crippen LogP contribution in [0, 0.1) is 5.41 Å². The van der Waals surface area contributed by atoms with E-state index in [9.17, 15) is 4.79 Å². The van der Waals surface area contributed by atoms with Crippen molar-refractivity contribution in [3.8, 4) is 0 Å². The number of amides is 1. The van der Waals surface area contributed by atoms with Crippen molar-refractivity contribution in [3.05, 3.63) is 35.9 Å². The molecule has 1 amide bonds. The molecule has 0 spiro atoms. The maximum absolute atomic E-state index is 12.5. The maximum atomic E-state index is 12.5. The van der Waals surface area contributed by atoms with E-state index < -0.39 is 6.04 Å². The first kappa shape index (κ1) is 19.9. The molecule has 5 heteroatoms. The molecule has 1 fully saturated rings. The minimum atomic E-state index is -0.612. The Morgan fingerprint density at radius 1 is 1.30 bits per heavy atom. The van der Waals surface area contributed by atoms with Crippen LogP contribution in [0.3, 0.4) is 0 Å². The molecule has 0 heterocycles. The molecule has 3 atom stereocenters. The van der Waals surface area contributed by atoms with Crippen molar-refractivity contribution in [2.24, 2.45) is 11.1 Å². The molecule has 0 saturated heterocycles. The highest BCUT2D eigenvalue weighted by Gasteiger charge is 2.54. The summed E-state index contributed by atoms with van der Waals surface area (Å²) in [5.41, 5.74) is 6.98. The van der Waals surface area contributed by atoms with Gasteiger partial charge in [0, 0.05) is 18.1 Å². The largest absolute Gasteiger partial charge is 0.378 e. The molecular formula is C18H29ClN2O2. The van der Waals surface area contributed by atoms with Crippen LogP contribution in [-0.4, -0.2) is 24.7 Å². The van der Waals surface area contributed by atoms with Crippen LogP contribution in [0.4, 0.5) is 0 Å². The van der Waals surface area contributed by atoms with Crippen LogP contribution >= 0.6 is 12.4 Å². The van der Waals surface area contributed by atoms with E-state index in [1.807, 2.05) is 37.3 Å². The topological polar surface area (TPSA) is 64.3 Å². The summed E-state index contributed by atoms with van der Waals surface area (Å²) in [5, 5.41) is 3.15. The normalized spacial score (nSPS) is 23.3. The van der Waals surface area contributed by atoms with E-state index in [1.165, 1.54) is 0 Å².